The predicted octanol–water partition coefficient (Wildman–Crippen LogP) is 3.02. The monoisotopic (exact) mass is 175 g/mol. The molecule has 0 bridgehead atoms. The van der Waals surface area contributed by atoms with E-state index in [0.717, 1.165) is 12.8 Å². The quantitative estimate of drug-likeness (QED) is 0.452. The number of hydrogen-bond donors (Lipinski definition) is 0. The van der Waals surface area contributed by atoms with Crippen LogP contribution in [0, 0.1) is 5.92 Å². The highest BCUT2D eigenvalue weighted by molar-refractivity contribution is 6.23. The first-order valence-electron chi connectivity index (χ1n) is 3.90. The van der Waals surface area contributed by atoms with Gasteiger partial charge in [-0.25, -0.2) is 5.11 Å². The second kappa shape index (κ2) is 4.78. The minimum absolute atomic E-state index is 0.212. The molecule has 2 atom stereocenters. The van der Waals surface area contributed by atoms with E-state index in [-0.39, 0.29) is 6.61 Å². The van der Waals surface area contributed by atoms with Crippen molar-refractivity contribution in [2.24, 2.45) is 5.92 Å². The van der Waals surface area contributed by atoms with Crippen molar-refractivity contribution in [2.45, 2.75) is 31.6 Å². The first-order valence-corrected chi connectivity index (χ1v) is 4.27. The number of allylic oxidation sites excluding steroid dienone is 1. The van der Waals surface area contributed by atoms with Crippen LogP contribution in [0.3, 0.4) is 0 Å². The molecule has 0 fully saturated rings. The molecule has 0 spiro atoms. The first-order chi connectivity index (χ1) is 5.02. The predicted molar refractivity (Wildman–Crippen MR) is 48.4 cm³/mol. The van der Waals surface area contributed by atoms with Crippen LogP contribution in [0.1, 0.15) is 26.7 Å². The average molecular weight is 176 g/mol. The summed E-state index contributed by atoms with van der Waals surface area (Å²) in [4.78, 5) is -0.567. The van der Waals surface area contributed by atoms with Gasteiger partial charge in [0.1, 0.15) is 6.61 Å². The topological polar surface area (TPSA) is 19.9 Å². The fourth-order valence-corrected chi connectivity index (χ4v) is 1.42. The zero-order valence-corrected chi connectivity index (χ0v) is 8.03. The first kappa shape index (κ1) is 11.0. The molecule has 0 N–H and O–H groups in total. The van der Waals surface area contributed by atoms with Crippen LogP contribution in [-0.2, 0) is 5.11 Å². The number of halogens is 1. The third-order valence-electron chi connectivity index (χ3n) is 1.64. The highest BCUT2D eigenvalue weighted by Gasteiger charge is 2.22. The fraction of sp³-hybridized carbons (Fsp3) is 0.778. The van der Waals surface area contributed by atoms with Crippen molar-refractivity contribution in [2.75, 3.05) is 6.61 Å². The molecule has 0 rings (SSSR count). The van der Waals surface area contributed by atoms with Gasteiger partial charge in [-0.05, 0) is 25.7 Å². The Kier molecular flexibility index (Phi) is 4.78. The van der Waals surface area contributed by atoms with Crippen molar-refractivity contribution < 1.29 is 5.11 Å². The van der Waals surface area contributed by atoms with E-state index in [0.29, 0.717) is 5.92 Å². The van der Waals surface area contributed by atoms with E-state index < -0.39 is 4.87 Å². The van der Waals surface area contributed by atoms with E-state index in [9.17, 15) is 5.11 Å². The Labute approximate surface area is 74.1 Å². The maximum absolute atomic E-state index is 10.5. The van der Waals surface area contributed by atoms with Crippen molar-refractivity contribution in [3.63, 3.8) is 0 Å². The van der Waals surface area contributed by atoms with E-state index in [1.807, 2.05) is 6.08 Å². The van der Waals surface area contributed by atoms with Crippen LogP contribution in [0.4, 0.5) is 0 Å². The number of rotatable bonds is 5. The van der Waals surface area contributed by atoms with E-state index in [2.05, 4.69) is 13.5 Å². The summed E-state index contributed by atoms with van der Waals surface area (Å²) in [5, 5.41) is 10.5. The Morgan fingerprint density at radius 2 is 2.27 bits per heavy atom. The molecular weight excluding hydrogens is 160 g/mol. The van der Waals surface area contributed by atoms with Crippen molar-refractivity contribution >= 4 is 11.6 Å². The molecule has 0 aromatic heterocycles. The third-order valence-corrected chi connectivity index (χ3v) is 1.91. The molecule has 0 aliphatic rings. The van der Waals surface area contributed by atoms with Crippen LogP contribution in [-0.4, -0.2) is 11.5 Å². The molecule has 65 valence electrons. The lowest BCUT2D eigenvalue weighted by Crippen LogP contribution is -2.23. The molecule has 0 saturated carbocycles. The average Bonchev–Trinajstić information content (AvgIpc) is 1.87. The van der Waals surface area contributed by atoms with Gasteiger partial charge >= 0.3 is 0 Å². The summed E-state index contributed by atoms with van der Waals surface area (Å²) in [6.45, 7) is 7.30. The molecule has 0 heterocycles. The Morgan fingerprint density at radius 3 is 2.64 bits per heavy atom. The molecule has 0 aliphatic carbocycles. The zero-order chi connectivity index (χ0) is 8.91. The van der Waals surface area contributed by atoms with Gasteiger partial charge in [0.05, 0.1) is 4.87 Å². The highest BCUT2D eigenvalue weighted by Crippen LogP contribution is 2.25. The molecule has 0 saturated heterocycles. The zero-order valence-electron chi connectivity index (χ0n) is 7.27. The standard InChI is InChI=1S/C9H16ClO/c1-4-5-8(2)6-9(3,10)7-11/h4,8H,1,5-7H2,2-3H3. The minimum atomic E-state index is -0.567. The van der Waals surface area contributed by atoms with Crippen molar-refractivity contribution in [1.29, 1.82) is 0 Å². The lowest BCUT2D eigenvalue weighted by atomic mass is 9.95. The summed E-state index contributed by atoms with van der Waals surface area (Å²) < 4.78 is 0. The molecule has 0 aromatic rings. The van der Waals surface area contributed by atoms with Gasteiger partial charge in [0, 0.05) is 0 Å². The van der Waals surface area contributed by atoms with E-state index in [1.54, 1.807) is 6.92 Å². The second-order valence-electron chi connectivity index (χ2n) is 3.39. The molecule has 2 unspecified atom stereocenters. The molecule has 1 radical (unpaired) electrons. The van der Waals surface area contributed by atoms with Crippen molar-refractivity contribution in [1.82, 2.24) is 0 Å². The minimum Gasteiger partial charge on any atom is -0.235 e. The summed E-state index contributed by atoms with van der Waals surface area (Å²) in [7, 11) is 0. The Morgan fingerprint density at radius 1 is 1.73 bits per heavy atom. The van der Waals surface area contributed by atoms with Crippen LogP contribution < -0.4 is 0 Å². The lowest BCUT2D eigenvalue weighted by molar-refractivity contribution is 0.151. The molecule has 0 amide bonds. The number of alkyl halides is 1. The van der Waals surface area contributed by atoms with Gasteiger partial charge in [0.15, 0.2) is 0 Å². The maximum atomic E-state index is 10.5. The summed E-state index contributed by atoms with van der Waals surface area (Å²) in [5.74, 6) is 0.462. The van der Waals surface area contributed by atoms with Gasteiger partial charge < -0.3 is 0 Å². The molecular formula is C9H16ClO. The third kappa shape index (κ3) is 5.28. The van der Waals surface area contributed by atoms with Gasteiger partial charge in [0.2, 0.25) is 0 Å². The van der Waals surface area contributed by atoms with Crippen molar-refractivity contribution in [3.8, 4) is 0 Å². The molecule has 2 heteroatoms. The molecule has 1 nitrogen and oxygen atoms in total. The van der Waals surface area contributed by atoms with Crippen LogP contribution in [0.5, 0.6) is 0 Å². The lowest BCUT2D eigenvalue weighted by Gasteiger charge is -2.21. The Hall–Kier alpha value is -0.0100. The van der Waals surface area contributed by atoms with E-state index >= 15 is 0 Å². The fourth-order valence-electron chi connectivity index (χ4n) is 1.15. The van der Waals surface area contributed by atoms with Crippen LogP contribution in [0.25, 0.3) is 0 Å². The second-order valence-corrected chi connectivity index (χ2v) is 4.30. The normalized spacial score (nSPS) is 18.9. The van der Waals surface area contributed by atoms with Crippen LogP contribution in [0.15, 0.2) is 12.7 Å². The van der Waals surface area contributed by atoms with Crippen LogP contribution in [0.2, 0.25) is 0 Å². The van der Waals surface area contributed by atoms with Crippen molar-refractivity contribution in [3.05, 3.63) is 12.7 Å². The highest BCUT2D eigenvalue weighted by atomic mass is 35.5. The smallest absolute Gasteiger partial charge is 0.101 e. The Balaban J connectivity index is 3.72. The summed E-state index contributed by atoms with van der Waals surface area (Å²) in [6, 6.07) is 0. The number of hydrogen-bond acceptors (Lipinski definition) is 0. The van der Waals surface area contributed by atoms with E-state index in [1.165, 1.54) is 0 Å². The van der Waals surface area contributed by atoms with E-state index in [4.69, 9.17) is 11.6 Å². The van der Waals surface area contributed by atoms with Gasteiger partial charge in [-0.3, -0.25) is 0 Å². The van der Waals surface area contributed by atoms with Crippen LogP contribution >= 0.6 is 11.6 Å². The summed E-state index contributed by atoms with van der Waals surface area (Å²) in [6.07, 6.45) is 3.56. The Bertz CT molecular complexity index is 121. The summed E-state index contributed by atoms with van der Waals surface area (Å²) >= 11 is 5.90. The van der Waals surface area contributed by atoms with Gasteiger partial charge in [-0.1, -0.05) is 13.0 Å². The summed E-state index contributed by atoms with van der Waals surface area (Å²) in [5.41, 5.74) is 0. The largest absolute Gasteiger partial charge is 0.235 e. The van der Waals surface area contributed by atoms with Gasteiger partial charge in [0.25, 0.3) is 0 Å². The van der Waals surface area contributed by atoms with Gasteiger partial charge in [-0.15, -0.1) is 18.2 Å². The molecule has 0 aliphatic heterocycles. The molecule has 11 heavy (non-hydrogen) atoms. The molecule has 0 aromatic carbocycles. The maximum Gasteiger partial charge on any atom is 0.101 e. The SMILES string of the molecule is C=CCC(C)CC(C)(Cl)C[O]. The van der Waals surface area contributed by atoms with Gasteiger partial charge in [-0.2, -0.15) is 0 Å².